The summed E-state index contributed by atoms with van der Waals surface area (Å²) >= 11 is 7.54. The third-order valence-electron chi connectivity index (χ3n) is 4.80. The molecule has 0 aromatic carbocycles. The average Bonchev–Trinajstić information content (AvgIpc) is 3.21. The highest BCUT2D eigenvalue weighted by Crippen LogP contribution is 2.36. The van der Waals surface area contributed by atoms with Crippen LogP contribution in [0.4, 0.5) is 0 Å². The van der Waals surface area contributed by atoms with Crippen LogP contribution < -0.4 is 0 Å². The number of hydrogen-bond acceptors (Lipinski definition) is 3. The number of thiophene rings is 1. The van der Waals surface area contributed by atoms with Crippen LogP contribution in [0.5, 0.6) is 0 Å². The minimum Gasteiger partial charge on any atom is -0.477 e. The molecule has 0 aliphatic heterocycles. The van der Waals surface area contributed by atoms with Crippen LogP contribution in [0.25, 0.3) is 0 Å². The number of alkyl halides is 1. The Morgan fingerprint density at radius 3 is 2.62 bits per heavy atom. The Bertz CT molecular complexity index is 541. The maximum absolute atomic E-state index is 10.4. The molecule has 2 rings (SSSR count). The van der Waals surface area contributed by atoms with Gasteiger partial charge in [-0.25, -0.2) is 4.79 Å². The van der Waals surface area contributed by atoms with Crippen molar-refractivity contribution >= 4 is 28.9 Å². The number of aliphatic hydroxyl groups excluding tert-OH is 1. The van der Waals surface area contributed by atoms with Crippen LogP contribution in [0, 0.1) is 11.8 Å². The minimum atomic E-state index is -0.822. The van der Waals surface area contributed by atoms with Gasteiger partial charge in [0.2, 0.25) is 0 Å². The van der Waals surface area contributed by atoms with Gasteiger partial charge < -0.3 is 10.2 Å². The number of carboxylic acid groups (broad SMARTS) is 1. The van der Waals surface area contributed by atoms with Crippen LogP contribution in [-0.2, 0) is 6.42 Å². The molecule has 2 N–H and O–H groups in total. The fourth-order valence-corrected chi connectivity index (χ4v) is 4.37. The first kappa shape index (κ1) is 23.2. The molecule has 0 bridgehead atoms. The number of carbonyl (C=O) groups is 1. The van der Waals surface area contributed by atoms with E-state index < -0.39 is 5.97 Å². The van der Waals surface area contributed by atoms with Gasteiger partial charge in [0, 0.05) is 16.9 Å². The van der Waals surface area contributed by atoms with E-state index in [1.54, 1.807) is 6.07 Å². The van der Waals surface area contributed by atoms with E-state index in [0.717, 1.165) is 37.0 Å². The van der Waals surface area contributed by atoms with Crippen LogP contribution in [0.15, 0.2) is 24.3 Å². The van der Waals surface area contributed by atoms with E-state index in [0.29, 0.717) is 28.7 Å². The summed E-state index contributed by atoms with van der Waals surface area (Å²) in [6, 6.07) is 3.55. The highest BCUT2D eigenvalue weighted by molar-refractivity contribution is 7.13. The van der Waals surface area contributed by atoms with Crippen molar-refractivity contribution in [2.45, 2.75) is 70.6 Å². The summed E-state index contributed by atoms with van der Waals surface area (Å²) in [4.78, 5) is 12.0. The van der Waals surface area contributed by atoms with Crippen molar-refractivity contribution in [1.29, 1.82) is 0 Å². The Morgan fingerprint density at radius 2 is 2.08 bits per heavy atom. The topological polar surface area (TPSA) is 57.5 Å². The monoisotopic (exact) mass is 400 g/mol. The Balaban J connectivity index is 0.000000273. The predicted molar refractivity (Wildman–Crippen MR) is 111 cm³/mol. The third kappa shape index (κ3) is 8.70. The predicted octanol–water partition coefficient (Wildman–Crippen LogP) is 6.15. The van der Waals surface area contributed by atoms with Gasteiger partial charge in [0.15, 0.2) is 0 Å². The molecule has 1 saturated carbocycles. The first-order chi connectivity index (χ1) is 12.5. The summed E-state index contributed by atoms with van der Waals surface area (Å²) in [7, 11) is 0. The van der Waals surface area contributed by atoms with Gasteiger partial charge in [0.1, 0.15) is 4.88 Å². The number of aliphatic hydroxyl groups is 1. The zero-order valence-electron chi connectivity index (χ0n) is 16.0. The third-order valence-corrected chi connectivity index (χ3v) is 6.55. The second-order valence-corrected chi connectivity index (χ2v) is 8.67. The fourth-order valence-electron chi connectivity index (χ4n) is 3.11. The highest BCUT2D eigenvalue weighted by Gasteiger charge is 2.29. The number of aromatic carboxylic acids is 1. The fraction of sp³-hybridized carbons (Fsp3) is 0.667. The summed E-state index contributed by atoms with van der Waals surface area (Å²) in [6.07, 6.45) is 13.6. The molecule has 0 radical (unpaired) electrons. The molecular formula is C21H33ClO3S. The molecule has 148 valence electrons. The Hall–Kier alpha value is -0.840. The molecule has 5 heteroatoms. The molecule has 0 spiro atoms. The summed E-state index contributed by atoms with van der Waals surface area (Å²) < 4.78 is 0. The molecule has 0 amide bonds. The Morgan fingerprint density at radius 1 is 1.31 bits per heavy atom. The van der Waals surface area contributed by atoms with Crippen molar-refractivity contribution in [2.75, 3.05) is 6.61 Å². The summed E-state index contributed by atoms with van der Waals surface area (Å²) in [5, 5.41) is 17.6. The lowest BCUT2D eigenvalue weighted by Gasteiger charge is -2.12. The second-order valence-electron chi connectivity index (χ2n) is 6.94. The summed E-state index contributed by atoms with van der Waals surface area (Å²) in [6.45, 7) is 4.67. The molecule has 1 aliphatic carbocycles. The van der Waals surface area contributed by atoms with Gasteiger partial charge in [-0.1, -0.05) is 38.8 Å². The van der Waals surface area contributed by atoms with Crippen molar-refractivity contribution in [3.8, 4) is 0 Å². The van der Waals surface area contributed by atoms with Crippen molar-refractivity contribution in [2.24, 2.45) is 11.8 Å². The molecule has 0 saturated heterocycles. The lowest BCUT2D eigenvalue weighted by atomic mass is 9.97. The minimum absolute atomic E-state index is 0.331. The van der Waals surface area contributed by atoms with Gasteiger partial charge in [-0.2, -0.15) is 0 Å². The largest absolute Gasteiger partial charge is 0.477 e. The second kappa shape index (κ2) is 13.3. The van der Waals surface area contributed by atoms with Gasteiger partial charge >= 0.3 is 5.97 Å². The number of carboxylic acids is 1. The van der Waals surface area contributed by atoms with Crippen molar-refractivity contribution in [1.82, 2.24) is 0 Å². The lowest BCUT2D eigenvalue weighted by molar-refractivity contribution is 0.0702. The first-order valence-corrected chi connectivity index (χ1v) is 11.0. The maximum Gasteiger partial charge on any atom is 0.345 e. The smallest absolute Gasteiger partial charge is 0.345 e. The molecule has 1 fully saturated rings. The van der Waals surface area contributed by atoms with E-state index in [1.165, 1.54) is 30.6 Å². The molecule has 26 heavy (non-hydrogen) atoms. The molecule has 3 nitrogen and oxygen atoms in total. The quantitative estimate of drug-likeness (QED) is 0.297. The van der Waals surface area contributed by atoms with Crippen molar-refractivity contribution in [3.05, 3.63) is 34.0 Å². The normalized spacial score (nSPS) is 22.4. The number of halogens is 1. The summed E-state index contributed by atoms with van der Waals surface area (Å²) in [5.74, 6) is 0.517. The van der Waals surface area contributed by atoms with Gasteiger partial charge in [0.05, 0.1) is 0 Å². The number of hydrogen-bond donors (Lipinski definition) is 2. The van der Waals surface area contributed by atoms with E-state index in [2.05, 4.69) is 26.0 Å². The Labute approximate surface area is 167 Å². The van der Waals surface area contributed by atoms with E-state index in [1.807, 2.05) is 6.07 Å². The van der Waals surface area contributed by atoms with E-state index in [-0.39, 0.29) is 0 Å². The number of unbranched alkanes of at least 4 members (excludes halogenated alkanes) is 3. The SMILES string of the molecule is CC1[C@H](Cl)CC[C@@H]1/C=C/CCCCCO.CCCc1ccc(C(=O)O)s1. The Kier molecular flexibility index (Phi) is 11.9. The molecule has 1 aromatic rings. The van der Waals surface area contributed by atoms with Crippen molar-refractivity contribution < 1.29 is 15.0 Å². The van der Waals surface area contributed by atoms with Crippen LogP contribution in [0.3, 0.4) is 0 Å². The lowest BCUT2D eigenvalue weighted by Crippen LogP contribution is -2.08. The molecule has 3 atom stereocenters. The van der Waals surface area contributed by atoms with Crippen LogP contribution in [0.1, 0.15) is 73.3 Å². The maximum atomic E-state index is 10.4. The van der Waals surface area contributed by atoms with Gasteiger partial charge in [0.25, 0.3) is 0 Å². The molecule has 1 aromatic heterocycles. The number of aryl methyl sites for hydroxylation is 1. The summed E-state index contributed by atoms with van der Waals surface area (Å²) in [5.41, 5.74) is 0. The zero-order valence-corrected chi connectivity index (χ0v) is 17.6. The molecule has 1 unspecified atom stereocenters. The average molecular weight is 401 g/mol. The van der Waals surface area contributed by atoms with Gasteiger partial charge in [-0.15, -0.1) is 22.9 Å². The van der Waals surface area contributed by atoms with Crippen LogP contribution in [0.2, 0.25) is 0 Å². The van der Waals surface area contributed by atoms with Gasteiger partial charge in [-0.05, 0) is 62.5 Å². The first-order valence-electron chi connectivity index (χ1n) is 9.73. The molecule has 1 aliphatic rings. The standard InChI is InChI=1S/C13H23ClO.C8H10O2S/c1-11-12(8-9-13(11)14)7-5-3-2-4-6-10-15;1-2-3-6-4-5-7(11-6)8(9)10/h5,7,11-13,15H,2-4,6,8-10H2,1H3;4-5H,2-3H2,1H3,(H,9,10)/b7-5+;/t11?,12-,13+;/m0./s1. The zero-order chi connectivity index (χ0) is 19.4. The van der Waals surface area contributed by atoms with E-state index in [4.69, 9.17) is 21.8 Å². The van der Waals surface area contributed by atoms with Gasteiger partial charge in [-0.3, -0.25) is 0 Å². The van der Waals surface area contributed by atoms with E-state index >= 15 is 0 Å². The highest BCUT2D eigenvalue weighted by atomic mass is 35.5. The number of rotatable bonds is 9. The van der Waals surface area contributed by atoms with Crippen LogP contribution >= 0.6 is 22.9 Å². The van der Waals surface area contributed by atoms with Crippen molar-refractivity contribution in [3.63, 3.8) is 0 Å². The van der Waals surface area contributed by atoms with E-state index in [9.17, 15) is 4.79 Å². The molecular weight excluding hydrogens is 368 g/mol. The molecule has 1 heterocycles. The number of allylic oxidation sites excluding steroid dienone is 2. The van der Waals surface area contributed by atoms with Crippen LogP contribution in [-0.4, -0.2) is 28.2 Å².